The number of hydrogen-bond acceptors (Lipinski definition) is 3. The molecule has 0 radical (unpaired) electrons. The second-order valence-corrected chi connectivity index (χ2v) is 5.93. The first-order valence-corrected chi connectivity index (χ1v) is 7.86. The molecule has 1 aromatic heterocycles. The van der Waals surface area contributed by atoms with Crippen molar-refractivity contribution in [3.8, 4) is 5.75 Å². The zero-order valence-electron chi connectivity index (χ0n) is 13.0. The summed E-state index contributed by atoms with van der Waals surface area (Å²) in [6, 6.07) is 10.2. The number of halogens is 1. The third-order valence-corrected chi connectivity index (χ3v) is 3.99. The number of ether oxygens (including phenoxy) is 1. The van der Waals surface area contributed by atoms with Gasteiger partial charge in [0.2, 0.25) is 0 Å². The molecular weight excluding hydrogens is 328 g/mol. The van der Waals surface area contributed by atoms with Gasteiger partial charge in [-0.2, -0.15) is 0 Å². The van der Waals surface area contributed by atoms with Gasteiger partial charge in [0.1, 0.15) is 12.4 Å². The van der Waals surface area contributed by atoms with Crippen LogP contribution in [0.4, 0.5) is 5.82 Å². The number of nitrogens with zero attached hydrogens (tertiary/aromatic N) is 2. The van der Waals surface area contributed by atoms with Crippen LogP contribution in [0, 0.1) is 6.92 Å². The molecule has 2 rings (SSSR count). The first-order chi connectivity index (χ1) is 10.0. The van der Waals surface area contributed by atoms with Crippen LogP contribution in [0.2, 0.25) is 0 Å². The van der Waals surface area contributed by atoms with E-state index >= 15 is 0 Å². The van der Waals surface area contributed by atoms with E-state index in [0.717, 1.165) is 28.2 Å². The fourth-order valence-corrected chi connectivity index (χ4v) is 2.92. The minimum Gasteiger partial charge on any atom is -0.486 e. The van der Waals surface area contributed by atoms with Gasteiger partial charge in [0.25, 0.3) is 0 Å². The monoisotopic (exact) mass is 348 g/mol. The SMILES string of the molecule is CCc1c(C)c(N(C)C)nc(Br)c1OCc1ccccc1. The Labute approximate surface area is 135 Å². The standard InChI is InChI=1S/C17H21BrN2O/c1-5-14-12(2)17(20(3)4)19-16(18)15(14)21-11-13-9-7-6-8-10-13/h6-10H,5,11H2,1-4H3. The lowest BCUT2D eigenvalue weighted by Crippen LogP contribution is -2.14. The third kappa shape index (κ3) is 3.56. The van der Waals surface area contributed by atoms with Crippen molar-refractivity contribution in [2.75, 3.05) is 19.0 Å². The molecule has 3 nitrogen and oxygen atoms in total. The molecule has 0 saturated heterocycles. The van der Waals surface area contributed by atoms with E-state index in [4.69, 9.17) is 4.74 Å². The first kappa shape index (κ1) is 15.8. The fourth-order valence-electron chi connectivity index (χ4n) is 2.39. The molecule has 0 spiro atoms. The highest BCUT2D eigenvalue weighted by molar-refractivity contribution is 9.10. The van der Waals surface area contributed by atoms with Crippen molar-refractivity contribution < 1.29 is 4.74 Å². The number of anilines is 1. The Hall–Kier alpha value is -1.55. The number of benzene rings is 1. The first-order valence-electron chi connectivity index (χ1n) is 7.07. The quantitative estimate of drug-likeness (QED) is 0.750. The van der Waals surface area contributed by atoms with Crippen molar-refractivity contribution in [1.29, 1.82) is 0 Å². The van der Waals surface area contributed by atoms with E-state index in [-0.39, 0.29) is 0 Å². The summed E-state index contributed by atoms with van der Waals surface area (Å²) >= 11 is 3.55. The van der Waals surface area contributed by atoms with E-state index < -0.39 is 0 Å². The average molecular weight is 349 g/mol. The highest BCUT2D eigenvalue weighted by Crippen LogP contribution is 2.35. The smallest absolute Gasteiger partial charge is 0.156 e. The molecule has 0 fully saturated rings. The van der Waals surface area contributed by atoms with Gasteiger partial charge in [0, 0.05) is 19.7 Å². The fraction of sp³-hybridized carbons (Fsp3) is 0.353. The Bertz CT molecular complexity index is 612. The van der Waals surface area contributed by atoms with Crippen LogP contribution < -0.4 is 9.64 Å². The number of pyridine rings is 1. The summed E-state index contributed by atoms with van der Waals surface area (Å²) in [4.78, 5) is 6.64. The van der Waals surface area contributed by atoms with Crippen LogP contribution in [0.1, 0.15) is 23.6 Å². The summed E-state index contributed by atoms with van der Waals surface area (Å²) in [6.45, 7) is 4.79. The molecule has 4 heteroatoms. The molecule has 2 aromatic rings. The maximum Gasteiger partial charge on any atom is 0.156 e. The highest BCUT2D eigenvalue weighted by Gasteiger charge is 2.17. The zero-order valence-corrected chi connectivity index (χ0v) is 14.6. The molecule has 1 aromatic carbocycles. The topological polar surface area (TPSA) is 25.4 Å². The van der Waals surface area contributed by atoms with Crippen LogP contribution >= 0.6 is 15.9 Å². The number of rotatable bonds is 5. The maximum atomic E-state index is 6.03. The van der Waals surface area contributed by atoms with Gasteiger partial charge < -0.3 is 9.64 Å². The van der Waals surface area contributed by atoms with Crippen LogP contribution in [-0.2, 0) is 13.0 Å². The van der Waals surface area contributed by atoms with Gasteiger partial charge in [-0.3, -0.25) is 0 Å². The largest absolute Gasteiger partial charge is 0.486 e. The van der Waals surface area contributed by atoms with Gasteiger partial charge in [-0.15, -0.1) is 0 Å². The van der Waals surface area contributed by atoms with Crippen LogP contribution in [0.15, 0.2) is 34.9 Å². The molecule has 0 amide bonds. The second-order valence-electron chi connectivity index (χ2n) is 5.18. The van der Waals surface area contributed by atoms with Gasteiger partial charge in [-0.1, -0.05) is 37.3 Å². The number of hydrogen-bond donors (Lipinski definition) is 0. The summed E-state index contributed by atoms with van der Waals surface area (Å²) in [6.07, 6.45) is 0.915. The van der Waals surface area contributed by atoms with Crippen molar-refractivity contribution in [3.63, 3.8) is 0 Å². The molecule has 1 heterocycles. The summed E-state index contributed by atoms with van der Waals surface area (Å²) in [5, 5.41) is 0. The van der Waals surface area contributed by atoms with E-state index in [1.807, 2.05) is 37.2 Å². The van der Waals surface area contributed by atoms with E-state index in [0.29, 0.717) is 6.61 Å². The molecule has 0 aliphatic rings. The molecule has 112 valence electrons. The molecule has 0 bridgehead atoms. The molecule has 0 saturated carbocycles. The summed E-state index contributed by atoms with van der Waals surface area (Å²) in [7, 11) is 4.01. The molecule has 0 N–H and O–H groups in total. The Balaban J connectivity index is 2.33. The summed E-state index contributed by atoms with van der Waals surface area (Å²) in [5.74, 6) is 1.83. The van der Waals surface area contributed by atoms with E-state index in [1.165, 1.54) is 11.1 Å². The zero-order chi connectivity index (χ0) is 15.4. The van der Waals surface area contributed by atoms with Crippen LogP contribution in [0.3, 0.4) is 0 Å². The van der Waals surface area contributed by atoms with Crippen molar-refractivity contribution in [3.05, 3.63) is 51.6 Å². The lowest BCUT2D eigenvalue weighted by atomic mass is 10.1. The summed E-state index contributed by atoms with van der Waals surface area (Å²) in [5.41, 5.74) is 3.53. The molecule has 0 aliphatic carbocycles. The van der Waals surface area contributed by atoms with Gasteiger partial charge in [0.15, 0.2) is 10.4 Å². The Kier molecular flexibility index (Phi) is 5.23. The molecule has 0 unspecified atom stereocenters. The summed E-state index contributed by atoms with van der Waals surface area (Å²) < 4.78 is 6.80. The predicted molar refractivity (Wildman–Crippen MR) is 91.2 cm³/mol. The minimum absolute atomic E-state index is 0.550. The molecule has 0 atom stereocenters. The molecule has 21 heavy (non-hydrogen) atoms. The Morgan fingerprint density at radius 2 is 1.86 bits per heavy atom. The van der Waals surface area contributed by atoms with Crippen LogP contribution in [0.5, 0.6) is 5.75 Å². The Morgan fingerprint density at radius 3 is 2.43 bits per heavy atom. The van der Waals surface area contributed by atoms with Crippen molar-refractivity contribution >= 4 is 21.7 Å². The third-order valence-electron chi connectivity index (χ3n) is 3.46. The van der Waals surface area contributed by atoms with Crippen LogP contribution in [0.25, 0.3) is 0 Å². The van der Waals surface area contributed by atoms with Gasteiger partial charge in [-0.25, -0.2) is 4.98 Å². The van der Waals surface area contributed by atoms with Gasteiger partial charge in [0.05, 0.1) is 0 Å². The van der Waals surface area contributed by atoms with Gasteiger partial charge in [-0.05, 0) is 40.4 Å². The van der Waals surface area contributed by atoms with Gasteiger partial charge >= 0.3 is 0 Å². The highest BCUT2D eigenvalue weighted by atomic mass is 79.9. The minimum atomic E-state index is 0.550. The van der Waals surface area contributed by atoms with E-state index in [9.17, 15) is 0 Å². The van der Waals surface area contributed by atoms with Crippen molar-refractivity contribution in [2.45, 2.75) is 26.9 Å². The Morgan fingerprint density at radius 1 is 1.19 bits per heavy atom. The van der Waals surface area contributed by atoms with E-state index in [1.54, 1.807) is 0 Å². The molecule has 0 aliphatic heterocycles. The number of aromatic nitrogens is 1. The lowest BCUT2D eigenvalue weighted by molar-refractivity contribution is 0.299. The van der Waals surface area contributed by atoms with Crippen LogP contribution in [-0.4, -0.2) is 19.1 Å². The van der Waals surface area contributed by atoms with E-state index in [2.05, 4.69) is 46.9 Å². The average Bonchev–Trinajstić information content (AvgIpc) is 2.48. The van der Waals surface area contributed by atoms with Crippen molar-refractivity contribution in [1.82, 2.24) is 4.98 Å². The normalized spacial score (nSPS) is 10.5. The molecular formula is C17H21BrN2O. The maximum absolute atomic E-state index is 6.03. The predicted octanol–water partition coefficient (Wildman–Crippen LogP) is 4.36. The van der Waals surface area contributed by atoms with Crippen molar-refractivity contribution in [2.24, 2.45) is 0 Å². The second kappa shape index (κ2) is 6.94. The lowest BCUT2D eigenvalue weighted by Gasteiger charge is -2.21.